The van der Waals surface area contributed by atoms with Crippen LogP contribution in [0.15, 0.2) is 54.6 Å². The SMILES string of the molecule is Cn1c(COc2ccc(Cl)cc2)c(C=CC(=O)O)c2ccccc21. The smallest absolute Gasteiger partial charge is 0.328 e. The first-order valence-corrected chi connectivity index (χ1v) is 7.79. The van der Waals surface area contributed by atoms with E-state index in [9.17, 15) is 4.79 Å². The van der Waals surface area contributed by atoms with E-state index in [0.29, 0.717) is 17.4 Å². The summed E-state index contributed by atoms with van der Waals surface area (Å²) in [7, 11) is 1.95. The Hall–Kier alpha value is -2.72. The summed E-state index contributed by atoms with van der Waals surface area (Å²) in [6, 6.07) is 15.0. The third-order valence-electron chi connectivity index (χ3n) is 3.85. The van der Waals surface area contributed by atoms with Gasteiger partial charge >= 0.3 is 5.97 Å². The molecule has 122 valence electrons. The number of carboxylic acid groups (broad SMARTS) is 1. The molecule has 0 unspecified atom stereocenters. The fraction of sp³-hybridized carbons (Fsp3) is 0.105. The summed E-state index contributed by atoms with van der Waals surface area (Å²) in [6.45, 7) is 0.326. The molecule has 1 aromatic heterocycles. The summed E-state index contributed by atoms with van der Waals surface area (Å²) in [5, 5.41) is 10.6. The molecule has 3 aromatic rings. The van der Waals surface area contributed by atoms with Gasteiger partial charge in [0.2, 0.25) is 0 Å². The minimum atomic E-state index is -0.979. The van der Waals surface area contributed by atoms with Crippen molar-refractivity contribution in [3.05, 3.63) is 70.9 Å². The minimum Gasteiger partial charge on any atom is -0.487 e. The fourth-order valence-corrected chi connectivity index (χ4v) is 2.80. The maximum absolute atomic E-state index is 10.9. The molecule has 0 amide bonds. The Morgan fingerprint density at radius 2 is 1.92 bits per heavy atom. The maximum atomic E-state index is 10.9. The lowest BCUT2D eigenvalue weighted by Gasteiger charge is -2.09. The molecule has 3 rings (SSSR count). The molecule has 0 spiro atoms. The van der Waals surface area contributed by atoms with E-state index in [1.165, 1.54) is 0 Å². The Morgan fingerprint density at radius 3 is 2.62 bits per heavy atom. The summed E-state index contributed by atoms with van der Waals surface area (Å²) in [4.78, 5) is 10.9. The predicted molar refractivity (Wildman–Crippen MR) is 95.4 cm³/mol. The van der Waals surface area contributed by atoms with Gasteiger partial charge in [-0.2, -0.15) is 0 Å². The monoisotopic (exact) mass is 341 g/mol. The molecule has 0 saturated carbocycles. The van der Waals surface area contributed by atoms with Crippen molar-refractivity contribution in [3.63, 3.8) is 0 Å². The summed E-state index contributed by atoms with van der Waals surface area (Å²) in [5.41, 5.74) is 2.78. The van der Waals surface area contributed by atoms with Gasteiger partial charge in [-0.1, -0.05) is 29.8 Å². The van der Waals surface area contributed by atoms with Crippen molar-refractivity contribution in [2.45, 2.75) is 6.61 Å². The van der Waals surface area contributed by atoms with Crippen LogP contribution < -0.4 is 4.74 Å². The second kappa shape index (κ2) is 6.81. The third-order valence-corrected chi connectivity index (χ3v) is 4.11. The highest BCUT2D eigenvalue weighted by Crippen LogP contribution is 2.28. The summed E-state index contributed by atoms with van der Waals surface area (Å²) in [5.74, 6) is -0.273. The molecule has 0 aliphatic heterocycles. The number of carbonyl (C=O) groups is 1. The molecule has 0 fully saturated rings. The average molecular weight is 342 g/mol. The standard InChI is InChI=1S/C19H16ClNO3/c1-21-17-5-3-2-4-15(17)16(10-11-19(22)23)18(21)12-24-14-8-6-13(20)7-9-14/h2-11H,12H2,1H3,(H,22,23). The number of hydrogen-bond donors (Lipinski definition) is 1. The van der Waals surface area contributed by atoms with Crippen molar-refractivity contribution >= 4 is 34.5 Å². The lowest BCUT2D eigenvalue weighted by molar-refractivity contribution is -0.131. The first-order chi connectivity index (χ1) is 11.6. The van der Waals surface area contributed by atoms with E-state index in [4.69, 9.17) is 21.4 Å². The molecule has 0 bridgehead atoms. The molecular weight excluding hydrogens is 326 g/mol. The summed E-state index contributed by atoms with van der Waals surface area (Å²) >= 11 is 5.88. The molecule has 4 nitrogen and oxygen atoms in total. The van der Waals surface area contributed by atoms with Crippen LogP contribution in [0.25, 0.3) is 17.0 Å². The number of benzene rings is 2. The first kappa shape index (κ1) is 16.1. The molecule has 0 atom stereocenters. The maximum Gasteiger partial charge on any atom is 0.328 e. The number of nitrogens with zero attached hydrogens (tertiary/aromatic N) is 1. The van der Waals surface area contributed by atoms with Crippen LogP contribution in [-0.4, -0.2) is 15.6 Å². The largest absolute Gasteiger partial charge is 0.487 e. The lowest BCUT2D eigenvalue weighted by Crippen LogP contribution is -2.03. The second-order valence-electron chi connectivity index (χ2n) is 5.35. The first-order valence-electron chi connectivity index (χ1n) is 7.42. The normalized spacial score (nSPS) is 11.2. The Labute approximate surface area is 144 Å². The Kier molecular flexibility index (Phi) is 4.58. The van der Waals surface area contributed by atoms with Gasteiger partial charge in [-0.05, 0) is 36.4 Å². The molecule has 0 aliphatic rings. The molecule has 1 heterocycles. The quantitative estimate of drug-likeness (QED) is 0.695. The number of ether oxygens (including phenoxy) is 1. The minimum absolute atomic E-state index is 0.326. The number of aromatic nitrogens is 1. The van der Waals surface area contributed by atoms with Crippen molar-refractivity contribution < 1.29 is 14.6 Å². The van der Waals surface area contributed by atoms with Gasteiger partial charge in [-0.3, -0.25) is 0 Å². The zero-order chi connectivity index (χ0) is 17.1. The predicted octanol–water partition coefficient (Wildman–Crippen LogP) is 4.51. The van der Waals surface area contributed by atoms with Gasteiger partial charge in [0.1, 0.15) is 12.4 Å². The number of rotatable bonds is 5. The molecule has 0 aliphatic carbocycles. The average Bonchev–Trinajstić information content (AvgIpc) is 2.85. The van der Waals surface area contributed by atoms with E-state index in [2.05, 4.69) is 0 Å². The van der Waals surface area contributed by atoms with Crippen LogP contribution in [0.2, 0.25) is 5.02 Å². The molecule has 0 saturated heterocycles. The van der Waals surface area contributed by atoms with Crippen LogP contribution in [0.5, 0.6) is 5.75 Å². The van der Waals surface area contributed by atoms with Crippen LogP contribution in [-0.2, 0) is 18.4 Å². The van der Waals surface area contributed by atoms with Crippen molar-refractivity contribution in [2.75, 3.05) is 0 Å². The number of halogens is 1. The van der Waals surface area contributed by atoms with Gasteiger partial charge in [0.05, 0.1) is 5.69 Å². The van der Waals surface area contributed by atoms with Crippen molar-refractivity contribution in [1.29, 1.82) is 0 Å². The number of aliphatic carboxylic acids is 1. The van der Waals surface area contributed by atoms with Gasteiger partial charge in [0.15, 0.2) is 0 Å². The summed E-state index contributed by atoms with van der Waals surface area (Å²) in [6.07, 6.45) is 2.76. The number of hydrogen-bond acceptors (Lipinski definition) is 2. The molecular formula is C19H16ClNO3. The van der Waals surface area contributed by atoms with E-state index in [-0.39, 0.29) is 0 Å². The van der Waals surface area contributed by atoms with Crippen LogP contribution in [0, 0.1) is 0 Å². The van der Waals surface area contributed by atoms with E-state index < -0.39 is 5.97 Å². The Bertz CT molecular complexity index is 910. The highest BCUT2D eigenvalue weighted by Gasteiger charge is 2.13. The molecule has 5 heteroatoms. The van der Waals surface area contributed by atoms with Crippen LogP contribution in [0.3, 0.4) is 0 Å². The van der Waals surface area contributed by atoms with E-state index in [1.807, 2.05) is 35.9 Å². The fourth-order valence-electron chi connectivity index (χ4n) is 2.67. The zero-order valence-corrected chi connectivity index (χ0v) is 13.8. The number of aryl methyl sites for hydroxylation is 1. The van der Waals surface area contributed by atoms with Crippen molar-refractivity contribution in [3.8, 4) is 5.75 Å². The highest BCUT2D eigenvalue weighted by molar-refractivity contribution is 6.30. The van der Waals surface area contributed by atoms with E-state index >= 15 is 0 Å². The zero-order valence-electron chi connectivity index (χ0n) is 13.1. The van der Waals surface area contributed by atoms with Gasteiger partial charge in [-0.15, -0.1) is 0 Å². The Morgan fingerprint density at radius 1 is 1.21 bits per heavy atom. The van der Waals surface area contributed by atoms with Gasteiger partial charge in [0, 0.05) is 34.6 Å². The van der Waals surface area contributed by atoms with Crippen LogP contribution in [0.1, 0.15) is 11.3 Å². The van der Waals surface area contributed by atoms with Gasteiger partial charge in [-0.25, -0.2) is 4.79 Å². The molecule has 24 heavy (non-hydrogen) atoms. The molecule has 1 N–H and O–H groups in total. The number of para-hydroxylation sites is 1. The van der Waals surface area contributed by atoms with Crippen LogP contribution >= 0.6 is 11.6 Å². The number of fused-ring (bicyclic) bond motifs is 1. The third kappa shape index (κ3) is 3.29. The highest BCUT2D eigenvalue weighted by atomic mass is 35.5. The Balaban J connectivity index is 1.98. The summed E-state index contributed by atoms with van der Waals surface area (Å²) < 4.78 is 7.86. The van der Waals surface area contributed by atoms with Crippen molar-refractivity contribution in [2.24, 2.45) is 7.05 Å². The van der Waals surface area contributed by atoms with Gasteiger partial charge < -0.3 is 14.4 Å². The number of carboxylic acids is 1. The van der Waals surface area contributed by atoms with Crippen LogP contribution in [0.4, 0.5) is 0 Å². The second-order valence-corrected chi connectivity index (χ2v) is 5.79. The molecule has 2 aromatic carbocycles. The lowest BCUT2D eigenvalue weighted by atomic mass is 10.1. The van der Waals surface area contributed by atoms with Crippen molar-refractivity contribution in [1.82, 2.24) is 4.57 Å². The molecule has 0 radical (unpaired) electrons. The van der Waals surface area contributed by atoms with E-state index in [1.54, 1.807) is 30.3 Å². The van der Waals surface area contributed by atoms with E-state index in [0.717, 1.165) is 28.2 Å². The van der Waals surface area contributed by atoms with Gasteiger partial charge in [0.25, 0.3) is 0 Å². The topological polar surface area (TPSA) is 51.5 Å².